The topological polar surface area (TPSA) is 29.1 Å². The van der Waals surface area contributed by atoms with Crippen molar-refractivity contribution in [2.24, 2.45) is 0 Å². The normalized spacial score (nSPS) is 10.4. The lowest BCUT2D eigenvalue weighted by atomic mass is 10.1. The van der Waals surface area contributed by atoms with E-state index in [1.54, 1.807) is 0 Å². The van der Waals surface area contributed by atoms with Crippen LogP contribution >= 0.6 is 22.6 Å². The first-order chi connectivity index (χ1) is 10.1. The van der Waals surface area contributed by atoms with Crippen molar-refractivity contribution in [3.8, 4) is 0 Å². The Balaban J connectivity index is 2.07. The third-order valence-corrected chi connectivity index (χ3v) is 4.90. The molecule has 21 heavy (non-hydrogen) atoms. The number of unbranched alkanes of at least 4 members (excludes halogenated alkanes) is 1. The van der Waals surface area contributed by atoms with Crippen LogP contribution in [0.25, 0.3) is 0 Å². The van der Waals surface area contributed by atoms with Gasteiger partial charge in [0.15, 0.2) is 0 Å². The smallest absolute Gasteiger partial charge is 0.256 e. The molecule has 0 saturated carbocycles. The summed E-state index contributed by atoms with van der Waals surface area (Å²) in [7, 11) is 0. The second-order valence-electron chi connectivity index (χ2n) is 5.19. The van der Waals surface area contributed by atoms with Gasteiger partial charge in [-0.3, -0.25) is 4.79 Å². The number of benzene rings is 2. The Labute approximate surface area is 140 Å². The summed E-state index contributed by atoms with van der Waals surface area (Å²) in [5, 5.41) is 2.97. The number of anilines is 1. The van der Waals surface area contributed by atoms with Crippen LogP contribution in [0.4, 0.5) is 5.69 Å². The predicted octanol–water partition coefficient (Wildman–Crippen LogP) is 5.19. The molecule has 3 heteroatoms. The molecule has 0 aliphatic rings. The van der Waals surface area contributed by atoms with Crippen LogP contribution in [0.1, 0.15) is 41.3 Å². The molecular formula is C18H20INO. The third kappa shape index (κ3) is 4.30. The molecule has 0 unspecified atom stereocenters. The van der Waals surface area contributed by atoms with E-state index in [-0.39, 0.29) is 5.91 Å². The first-order valence-corrected chi connectivity index (χ1v) is 8.35. The first-order valence-electron chi connectivity index (χ1n) is 7.27. The van der Waals surface area contributed by atoms with Gasteiger partial charge >= 0.3 is 0 Å². The number of carbonyl (C=O) groups is 1. The Hall–Kier alpha value is -1.36. The van der Waals surface area contributed by atoms with Gasteiger partial charge in [0.2, 0.25) is 0 Å². The van der Waals surface area contributed by atoms with E-state index in [4.69, 9.17) is 0 Å². The molecule has 0 saturated heterocycles. The highest BCUT2D eigenvalue weighted by Gasteiger charge is 2.11. The van der Waals surface area contributed by atoms with Gasteiger partial charge in [0, 0.05) is 9.26 Å². The van der Waals surface area contributed by atoms with Gasteiger partial charge in [-0.15, -0.1) is 0 Å². The number of rotatable bonds is 5. The lowest BCUT2D eigenvalue weighted by molar-refractivity contribution is 0.102. The zero-order valence-electron chi connectivity index (χ0n) is 12.4. The summed E-state index contributed by atoms with van der Waals surface area (Å²) < 4.78 is 1.01. The average Bonchev–Trinajstić information content (AvgIpc) is 2.49. The Morgan fingerprint density at radius 1 is 1.14 bits per heavy atom. The fraction of sp³-hybridized carbons (Fsp3) is 0.278. The summed E-state index contributed by atoms with van der Waals surface area (Å²) in [5.41, 5.74) is 4.02. The molecule has 110 valence electrons. The maximum absolute atomic E-state index is 12.3. The maximum Gasteiger partial charge on any atom is 0.256 e. The third-order valence-electron chi connectivity index (χ3n) is 3.47. The van der Waals surface area contributed by atoms with E-state index in [1.165, 1.54) is 18.4 Å². The molecule has 2 aromatic carbocycles. The zero-order valence-corrected chi connectivity index (χ0v) is 14.6. The van der Waals surface area contributed by atoms with Crippen LogP contribution < -0.4 is 5.32 Å². The van der Waals surface area contributed by atoms with Crippen LogP contribution in [-0.4, -0.2) is 5.91 Å². The molecule has 2 aromatic rings. The van der Waals surface area contributed by atoms with E-state index in [1.807, 2.05) is 37.3 Å². The van der Waals surface area contributed by atoms with Gasteiger partial charge in [-0.05, 0) is 71.7 Å². The standard InChI is InChI=1S/C18H20INO/c1-3-4-7-14-9-11-15(12-10-14)20-18(21)16-8-5-6-13(2)17(16)19/h5-6,8-12H,3-4,7H2,1-2H3,(H,20,21). The SMILES string of the molecule is CCCCc1ccc(NC(=O)c2cccc(C)c2I)cc1. The summed E-state index contributed by atoms with van der Waals surface area (Å²) in [6, 6.07) is 13.9. The zero-order chi connectivity index (χ0) is 15.2. The first kappa shape index (κ1) is 16.0. The molecule has 0 heterocycles. The number of nitrogens with one attached hydrogen (secondary N) is 1. The molecular weight excluding hydrogens is 373 g/mol. The molecule has 0 aliphatic heterocycles. The van der Waals surface area contributed by atoms with Crippen LogP contribution in [-0.2, 0) is 6.42 Å². The van der Waals surface area contributed by atoms with Crippen molar-refractivity contribution in [1.82, 2.24) is 0 Å². The second-order valence-corrected chi connectivity index (χ2v) is 6.27. The van der Waals surface area contributed by atoms with Crippen LogP contribution in [0.5, 0.6) is 0 Å². The van der Waals surface area contributed by atoms with Crippen LogP contribution in [0.2, 0.25) is 0 Å². The molecule has 2 rings (SSSR count). The number of carbonyl (C=O) groups excluding carboxylic acids is 1. The minimum Gasteiger partial charge on any atom is -0.322 e. The van der Waals surface area contributed by atoms with Crippen molar-refractivity contribution in [2.45, 2.75) is 33.1 Å². The highest BCUT2D eigenvalue weighted by atomic mass is 127. The lowest BCUT2D eigenvalue weighted by Gasteiger charge is -2.09. The number of halogens is 1. The van der Waals surface area contributed by atoms with Gasteiger partial charge in [-0.2, -0.15) is 0 Å². The summed E-state index contributed by atoms with van der Waals surface area (Å²) in [6.07, 6.45) is 3.50. The molecule has 0 radical (unpaired) electrons. The Morgan fingerprint density at radius 2 is 1.86 bits per heavy atom. The van der Waals surface area contributed by atoms with Crippen molar-refractivity contribution < 1.29 is 4.79 Å². The van der Waals surface area contributed by atoms with E-state index in [0.29, 0.717) is 0 Å². The number of aryl methyl sites for hydroxylation is 2. The second kappa shape index (κ2) is 7.59. The van der Waals surface area contributed by atoms with E-state index in [9.17, 15) is 4.79 Å². The van der Waals surface area contributed by atoms with Gasteiger partial charge in [0.25, 0.3) is 5.91 Å². The Bertz CT molecular complexity index is 620. The maximum atomic E-state index is 12.3. The lowest BCUT2D eigenvalue weighted by Crippen LogP contribution is -2.13. The molecule has 0 fully saturated rings. The van der Waals surface area contributed by atoms with Crippen molar-refractivity contribution in [3.63, 3.8) is 0 Å². The number of hydrogen-bond acceptors (Lipinski definition) is 1. The minimum absolute atomic E-state index is 0.0515. The Kier molecular flexibility index (Phi) is 5.79. The predicted molar refractivity (Wildman–Crippen MR) is 96.9 cm³/mol. The monoisotopic (exact) mass is 393 g/mol. The molecule has 0 bridgehead atoms. The van der Waals surface area contributed by atoms with Crippen LogP contribution in [0.3, 0.4) is 0 Å². The largest absolute Gasteiger partial charge is 0.322 e. The van der Waals surface area contributed by atoms with E-state index >= 15 is 0 Å². The van der Waals surface area contributed by atoms with Crippen LogP contribution in [0, 0.1) is 10.5 Å². The summed E-state index contributed by atoms with van der Waals surface area (Å²) in [5.74, 6) is -0.0515. The van der Waals surface area contributed by atoms with Gasteiger partial charge in [-0.1, -0.05) is 37.6 Å². The van der Waals surface area contributed by atoms with Crippen molar-refractivity contribution in [2.75, 3.05) is 5.32 Å². The van der Waals surface area contributed by atoms with Crippen molar-refractivity contribution in [1.29, 1.82) is 0 Å². The Morgan fingerprint density at radius 3 is 2.52 bits per heavy atom. The fourth-order valence-electron chi connectivity index (χ4n) is 2.16. The molecule has 1 N–H and O–H groups in total. The highest BCUT2D eigenvalue weighted by Crippen LogP contribution is 2.19. The van der Waals surface area contributed by atoms with Gasteiger partial charge in [0.1, 0.15) is 0 Å². The summed E-state index contributed by atoms with van der Waals surface area (Å²) in [4.78, 5) is 12.3. The average molecular weight is 393 g/mol. The summed E-state index contributed by atoms with van der Waals surface area (Å²) >= 11 is 2.22. The summed E-state index contributed by atoms with van der Waals surface area (Å²) in [6.45, 7) is 4.21. The van der Waals surface area contributed by atoms with E-state index < -0.39 is 0 Å². The van der Waals surface area contributed by atoms with E-state index in [0.717, 1.165) is 26.8 Å². The number of hydrogen-bond donors (Lipinski definition) is 1. The molecule has 1 amide bonds. The van der Waals surface area contributed by atoms with Gasteiger partial charge in [0.05, 0.1) is 5.56 Å². The molecule has 0 aromatic heterocycles. The molecule has 0 atom stereocenters. The van der Waals surface area contributed by atoms with Crippen molar-refractivity contribution >= 4 is 34.2 Å². The molecule has 0 aliphatic carbocycles. The highest BCUT2D eigenvalue weighted by molar-refractivity contribution is 14.1. The fourth-order valence-corrected chi connectivity index (χ4v) is 2.76. The number of amides is 1. The van der Waals surface area contributed by atoms with Gasteiger partial charge in [-0.25, -0.2) is 0 Å². The minimum atomic E-state index is -0.0515. The van der Waals surface area contributed by atoms with Gasteiger partial charge < -0.3 is 5.32 Å². The molecule has 0 spiro atoms. The quantitative estimate of drug-likeness (QED) is 0.696. The van der Waals surface area contributed by atoms with Crippen LogP contribution in [0.15, 0.2) is 42.5 Å². The molecule has 2 nitrogen and oxygen atoms in total. The van der Waals surface area contributed by atoms with Crippen molar-refractivity contribution in [3.05, 3.63) is 62.7 Å². The van der Waals surface area contributed by atoms with E-state index in [2.05, 4.69) is 47.0 Å².